The van der Waals surface area contributed by atoms with Gasteiger partial charge in [0.15, 0.2) is 6.61 Å². The topological polar surface area (TPSA) is 95.9 Å². The largest absolute Gasteiger partial charge is 0.482 e. The number of nitrogens with one attached hydrogen (secondary N) is 1. The number of hydrogen-bond acceptors (Lipinski definition) is 4. The van der Waals surface area contributed by atoms with Gasteiger partial charge in [-0.2, -0.15) is 0 Å². The van der Waals surface area contributed by atoms with Crippen LogP contribution in [0, 0.1) is 0 Å². The predicted octanol–water partition coefficient (Wildman–Crippen LogP) is 0.713. The summed E-state index contributed by atoms with van der Waals surface area (Å²) in [7, 11) is 0. The smallest absolute Gasteiger partial charge is 0.341 e. The summed E-state index contributed by atoms with van der Waals surface area (Å²) in [5.74, 6) is -1.52. The first kappa shape index (κ1) is 14.0. The van der Waals surface area contributed by atoms with Gasteiger partial charge in [-0.1, -0.05) is 12.1 Å². The van der Waals surface area contributed by atoms with E-state index in [4.69, 9.17) is 14.9 Å². The maximum absolute atomic E-state index is 10.6. The Kier molecular flexibility index (Phi) is 5.13. The summed E-state index contributed by atoms with van der Waals surface area (Å²) in [5.41, 5.74) is 0.825. The molecule has 0 bridgehead atoms. The molecule has 0 fully saturated rings. The minimum atomic E-state index is -1.04. The standard InChI is InChI=1S/C12H15NO5/c1-8(12(16)17)13-6-9-3-2-4-10(5-9)18-7-11(14)15/h2-5,8,13H,6-7H2,1H3,(H,14,15)(H,16,17)/t8-/m1/s1. The lowest BCUT2D eigenvalue weighted by molar-refractivity contribution is -0.140. The van der Waals surface area contributed by atoms with E-state index < -0.39 is 24.6 Å². The first-order valence-electron chi connectivity index (χ1n) is 5.38. The summed E-state index contributed by atoms with van der Waals surface area (Å²) in [6.07, 6.45) is 0. The minimum absolute atomic E-state index is 0.373. The number of benzene rings is 1. The zero-order chi connectivity index (χ0) is 13.5. The highest BCUT2D eigenvalue weighted by atomic mass is 16.5. The Balaban J connectivity index is 2.54. The molecule has 0 amide bonds. The van der Waals surface area contributed by atoms with Crippen molar-refractivity contribution in [2.24, 2.45) is 0 Å². The number of hydrogen-bond donors (Lipinski definition) is 3. The number of carbonyl (C=O) groups is 2. The van der Waals surface area contributed by atoms with Crippen molar-refractivity contribution in [1.29, 1.82) is 0 Å². The van der Waals surface area contributed by atoms with Crippen molar-refractivity contribution in [3.05, 3.63) is 29.8 Å². The lowest BCUT2D eigenvalue weighted by Crippen LogP contribution is -2.33. The van der Waals surface area contributed by atoms with E-state index in [2.05, 4.69) is 5.32 Å². The number of carboxylic acids is 2. The highest BCUT2D eigenvalue weighted by Gasteiger charge is 2.09. The molecular formula is C12H15NO5. The third kappa shape index (κ3) is 4.84. The average molecular weight is 253 g/mol. The number of carboxylic acid groups (broad SMARTS) is 2. The lowest BCUT2D eigenvalue weighted by atomic mass is 10.2. The second kappa shape index (κ2) is 6.61. The van der Waals surface area contributed by atoms with E-state index in [1.54, 1.807) is 31.2 Å². The van der Waals surface area contributed by atoms with Crippen LogP contribution >= 0.6 is 0 Å². The third-order valence-electron chi connectivity index (χ3n) is 2.24. The van der Waals surface area contributed by atoms with Gasteiger partial charge >= 0.3 is 11.9 Å². The molecule has 98 valence electrons. The molecule has 1 aromatic rings. The van der Waals surface area contributed by atoms with Crippen LogP contribution in [0.4, 0.5) is 0 Å². The van der Waals surface area contributed by atoms with E-state index in [0.29, 0.717) is 12.3 Å². The fourth-order valence-corrected chi connectivity index (χ4v) is 1.25. The molecule has 0 unspecified atom stereocenters. The van der Waals surface area contributed by atoms with Gasteiger partial charge < -0.3 is 20.3 Å². The molecule has 0 aliphatic rings. The Hall–Kier alpha value is -2.08. The second-order valence-corrected chi connectivity index (χ2v) is 3.77. The van der Waals surface area contributed by atoms with Crippen LogP contribution < -0.4 is 10.1 Å². The Morgan fingerprint density at radius 2 is 2.11 bits per heavy atom. The van der Waals surface area contributed by atoms with Crippen LogP contribution in [-0.2, 0) is 16.1 Å². The van der Waals surface area contributed by atoms with E-state index in [-0.39, 0.29) is 0 Å². The maximum Gasteiger partial charge on any atom is 0.341 e. The average Bonchev–Trinajstić information content (AvgIpc) is 2.33. The van der Waals surface area contributed by atoms with Gasteiger partial charge in [-0.3, -0.25) is 4.79 Å². The molecule has 0 aromatic heterocycles. The molecule has 6 heteroatoms. The fourth-order valence-electron chi connectivity index (χ4n) is 1.25. The van der Waals surface area contributed by atoms with Gasteiger partial charge in [0, 0.05) is 6.54 Å². The van der Waals surface area contributed by atoms with Crippen LogP contribution in [0.5, 0.6) is 5.75 Å². The van der Waals surface area contributed by atoms with Crippen molar-refractivity contribution in [2.45, 2.75) is 19.5 Å². The number of ether oxygens (including phenoxy) is 1. The molecule has 0 aliphatic carbocycles. The Bertz CT molecular complexity index is 432. The zero-order valence-electron chi connectivity index (χ0n) is 9.92. The molecule has 3 N–H and O–H groups in total. The van der Waals surface area contributed by atoms with Crippen LogP contribution in [0.2, 0.25) is 0 Å². The van der Waals surface area contributed by atoms with E-state index in [0.717, 1.165) is 5.56 Å². The first-order chi connectivity index (χ1) is 8.49. The monoisotopic (exact) mass is 253 g/mol. The molecule has 18 heavy (non-hydrogen) atoms. The Morgan fingerprint density at radius 1 is 1.39 bits per heavy atom. The van der Waals surface area contributed by atoms with E-state index in [1.807, 2.05) is 0 Å². The van der Waals surface area contributed by atoms with Crippen LogP contribution in [-0.4, -0.2) is 34.8 Å². The van der Waals surface area contributed by atoms with Gasteiger partial charge in [0.05, 0.1) is 0 Å². The van der Waals surface area contributed by atoms with Crippen LogP contribution in [0.3, 0.4) is 0 Å². The zero-order valence-corrected chi connectivity index (χ0v) is 9.92. The SMILES string of the molecule is C[C@@H](NCc1cccc(OCC(=O)O)c1)C(=O)O. The molecule has 1 aromatic carbocycles. The highest BCUT2D eigenvalue weighted by Crippen LogP contribution is 2.13. The third-order valence-corrected chi connectivity index (χ3v) is 2.24. The van der Waals surface area contributed by atoms with Gasteiger partial charge in [-0.25, -0.2) is 4.79 Å². The van der Waals surface area contributed by atoms with E-state index >= 15 is 0 Å². The molecule has 0 saturated carbocycles. The summed E-state index contributed by atoms with van der Waals surface area (Å²) in [6.45, 7) is 1.52. The Labute approximate surface area is 104 Å². The molecule has 0 spiro atoms. The quantitative estimate of drug-likeness (QED) is 0.662. The molecule has 1 rings (SSSR count). The second-order valence-electron chi connectivity index (χ2n) is 3.77. The van der Waals surface area contributed by atoms with Gasteiger partial charge in [0.25, 0.3) is 0 Å². The summed E-state index contributed by atoms with van der Waals surface area (Å²) in [6, 6.07) is 6.19. The molecule has 0 saturated heterocycles. The van der Waals surface area contributed by atoms with E-state index in [9.17, 15) is 9.59 Å². The molecular weight excluding hydrogens is 238 g/mol. The molecule has 0 radical (unpaired) electrons. The van der Waals surface area contributed by atoms with Crippen molar-refractivity contribution in [3.8, 4) is 5.75 Å². The molecule has 1 atom stereocenters. The Morgan fingerprint density at radius 3 is 2.72 bits per heavy atom. The highest BCUT2D eigenvalue weighted by molar-refractivity contribution is 5.72. The van der Waals surface area contributed by atoms with Gasteiger partial charge in [-0.05, 0) is 24.6 Å². The first-order valence-corrected chi connectivity index (χ1v) is 5.38. The van der Waals surface area contributed by atoms with Crippen LogP contribution in [0.1, 0.15) is 12.5 Å². The normalized spacial score (nSPS) is 11.8. The van der Waals surface area contributed by atoms with Crippen LogP contribution in [0.15, 0.2) is 24.3 Å². The minimum Gasteiger partial charge on any atom is -0.482 e. The predicted molar refractivity (Wildman–Crippen MR) is 63.5 cm³/mol. The van der Waals surface area contributed by atoms with Crippen molar-refractivity contribution in [2.75, 3.05) is 6.61 Å². The summed E-state index contributed by atoms with van der Waals surface area (Å²) >= 11 is 0. The molecule has 0 aliphatic heterocycles. The summed E-state index contributed by atoms with van der Waals surface area (Å²) < 4.78 is 5.02. The van der Waals surface area contributed by atoms with Crippen molar-refractivity contribution in [3.63, 3.8) is 0 Å². The van der Waals surface area contributed by atoms with Crippen molar-refractivity contribution < 1.29 is 24.5 Å². The lowest BCUT2D eigenvalue weighted by Gasteiger charge is -2.10. The van der Waals surface area contributed by atoms with Gasteiger partial charge in [0.2, 0.25) is 0 Å². The maximum atomic E-state index is 10.6. The number of rotatable bonds is 7. The summed E-state index contributed by atoms with van der Waals surface area (Å²) in [4.78, 5) is 21.0. The van der Waals surface area contributed by atoms with Crippen molar-refractivity contribution in [1.82, 2.24) is 5.32 Å². The molecule has 6 nitrogen and oxygen atoms in total. The van der Waals surface area contributed by atoms with Crippen molar-refractivity contribution >= 4 is 11.9 Å². The molecule has 0 heterocycles. The van der Waals surface area contributed by atoms with Crippen LogP contribution in [0.25, 0.3) is 0 Å². The summed E-state index contributed by atoms with van der Waals surface area (Å²) in [5, 5.41) is 20.0. The van der Waals surface area contributed by atoms with Gasteiger partial charge in [0.1, 0.15) is 11.8 Å². The van der Waals surface area contributed by atoms with E-state index in [1.165, 1.54) is 0 Å². The fraction of sp³-hybridized carbons (Fsp3) is 0.333. The number of aliphatic carboxylic acids is 2. The van der Waals surface area contributed by atoms with Gasteiger partial charge in [-0.15, -0.1) is 0 Å².